The molecule has 0 fully saturated rings. The normalized spacial score (nSPS) is 11.2. The fourth-order valence-electron chi connectivity index (χ4n) is 3.64. The van der Waals surface area contributed by atoms with E-state index in [0.717, 1.165) is 39.3 Å². The van der Waals surface area contributed by atoms with Gasteiger partial charge in [-0.2, -0.15) is 0 Å². The summed E-state index contributed by atoms with van der Waals surface area (Å²) in [5.41, 5.74) is 3.28. The first kappa shape index (κ1) is 14.7. The van der Waals surface area contributed by atoms with E-state index in [0.29, 0.717) is 0 Å². The summed E-state index contributed by atoms with van der Waals surface area (Å²) in [5, 5.41) is 4.08. The number of pyridine rings is 1. The summed E-state index contributed by atoms with van der Waals surface area (Å²) in [6.07, 6.45) is 0.815. The number of nitrogens with zero attached hydrogens (tertiary/aromatic N) is 1. The van der Waals surface area contributed by atoms with Crippen LogP contribution in [0.2, 0.25) is 0 Å². The Hall–Kier alpha value is -2.87. The maximum absolute atomic E-state index is 13.3. The van der Waals surface area contributed by atoms with Crippen molar-refractivity contribution in [1.29, 1.82) is 0 Å². The highest BCUT2D eigenvalue weighted by Crippen LogP contribution is 2.26. The molecule has 4 aromatic rings. The smallest absolute Gasteiger partial charge is 0.263 e. The second-order valence-corrected chi connectivity index (χ2v) is 6.11. The van der Waals surface area contributed by atoms with Crippen molar-refractivity contribution >= 4 is 21.5 Å². The van der Waals surface area contributed by atoms with Gasteiger partial charge in [-0.1, -0.05) is 61.5 Å². The Morgan fingerprint density at radius 1 is 0.792 bits per heavy atom. The van der Waals surface area contributed by atoms with E-state index in [1.807, 2.05) is 53.1 Å². The lowest BCUT2D eigenvalue weighted by atomic mass is 10.0. The third-order valence-electron chi connectivity index (χ3n) is 4.81. The number of hydrogen-bond acceptors (Lipinski definition) is 1. The zero-order valence-electron chi connectivity index (χ0n) is 13.9. The van der Waals surface area contributed by atoms with E-state index in [4.69, 9.17) is 0 Å². The quantitative estimate of drug-likeness (QED) is 0.509. The highest BCUT2D eigenvalue weighted by atomic mass is 16.1. The largest absolute Gasteiger partial charge is 0.280 e. The number of fused-ring (bicyclic) bond motifs is 2. The predicted molar refractivity (Wildman–Crippen MR) is 101 cm³/mol. The molecule has 24 heavy (non-hydrogen) atoms. The number of aromatic nitrogens is 1. The average Bonchev–Trinajstić information content (AvgIpc) is 2.64. The number of hydrogen-bond donors (Lipinski definition) is 0. The van der Waals surface area contributed by atoms with Crippen LogP contribution in [0.25, 0.3) is 27.2 Å². The minimum Gasteiger partial charge on any atom is -0.280 e. The topological polar surface area (TPSA) is 22.0 Å². The van der Waals surface area contributed by atoms with Crippen LogP contribution >= 0.6 is 0 Å². The van der Waals surface area contributed by atoms with Crippen molar-refractivity contribution in [1.82, 2.24) is 4.57 Å². The Morgan fingerprint density at radius 3 is 2.17 bits per heavy atom. The van der Waals surface area contributed by atoms with Gasteiger partial charge in [-0.15, -0.1) is 0 Å². The molecule has 0 saturated carbocycles. The van der Waals surface area contributed by atoms with Gasteiger partial charge < -0.3 is 0 Å². The number of aryl methyl sites for hydroxylation is 1. The average molecular weight is 313 g/mol. The van der Waals surface area contributed by atoms with E-state index < -0.39 is 0 Å². The van der Waals surface area contributed by atoms with Crippen LogP contribution < -0.4 is 5.56 Å². The highest BCUT2D eigenvalue weighted by molar-refractivity contribution is 5.92. The molecule has 3 aromatic carbocycles. The second kappa shape index (κ2) is 5.64. The maximum atomic E-state index is 13.3. The van der Waals surface area contributed by atoms with E-state index in [-0.39, 0.29) is 5.56 Å². The fourth-order valence-corrected chi connectivity index (χ4v) is 3.64. The standard InChI is InChI=1S/C22H19NO/c1-3-20-15(2)17-11-6-7-13-19(17)22(24)23(20)21-14-8-10-16-9-4-5-12-18(16)21/h4-14H,3H2,1-2H3. The summed E-state index contributed by atoms with van der Waals surface area (Å²) < 4.78 is 1.90. The Morgan fingerprint density at radius 2 is 1.42 bits per heavy atom. The number of benzene rings is 3. The molecule has 0 aliphatic carbocycles. The molecule has 1 aromatic heterocycles. The van der Waals surface area contributed by atoms with E-state index in [1.165, 1.54) is 5.56 Å². The molecule has 0 spiro atoms. The van der Waals surface area contributed by atoms with Gasteiger partial charge in [0.2, 0.25) is 0 Å². The van der Waals surface area contributed by atoms with Gasteiger partial charge in [0.15, 0.2) is 0 Å². The monoisotopic (exact) mass is 313 g/mol. The van der Waals surface area contributed by atoms with Crippen LogP contribution in [-0.4, -0.2) is 4.57 Å². The molecule has 0 saturated heterocycles. The molecular formula is C22H19NO. The molecule has 2 nitrogen and oxygen atoms in total. The Labute approximate surface area is 141 Å². The van der Waals surface area contributed by atoms with Crippen LogP contribution in [0.3, 0.4) is 0 Å². The van der Waals surface area contributed by atoms with Crippen molar-refractivity contribution in [3.8, 4) is 5.69 Å². The van der Waals surface area contributed by atoms with Crippen LogP contribution in [0.15, 0.2) is 71.5 Å². The summed E-state index contributed by atoms with van der Waals surface area (Å²) in [4.78, 5) is 13.3. The van der Waals surface area contributed by atoms with Crippen LogP contribution in [0.5, 0.6) is 0 Å². The Bertz CT molecular complexity index is 1120. The van der Waals surface area contributed by atoms with Crippen molar-refractivity contribution in [3.05, 3.63) is 88.3 Å². The first-order valence-electron chi connectivity index (χ1n) is 8.33. The first-order valence-corrected chi connectivity index (χ1v) is 8.33. The minimum absolute atomic E-state index is 0.0596. The van der Waals surface area contributed by atoms with Gasteiger partial charge in [0.1, 0.15) is 0 Å². The van der Waals surface area contributed by atoms with E-state index in [1.54, 1.807) is 0 Å². The predicted octanol–water partition coefficient (Wildman–Crippen LogP) is 5.01. The second-order valence-electron chi connectivity index (χ2n) is 6.11. The molecule has 2 heteroatoms. The van der Waals surface area contributed by atoms with Crippen molar-refractivity contribution in [2.24, 2.45) is 0 Å². The van der Waals surface area contributed by atoms with Gasteiger partial charge in [-0.05, 0) is 41.8 Å². The molecule has 0 aliphatic rings. The van der Waals surface area contributed by atoms with Gasteiger partial charge in [-0.25, -0.2) is 0 Å². The molecule has 0 N–H and O–H groups in total. The van der Waals surface area contributed by atoms with Gasteiger partial charge in [-0.3, -0.25) is 9.36 Å². The summed E-state index contributed by atoms with van der Waals surface area (Å²) in [7, 11) is 0. The molecule has 4 rings (SSSR count). The van der Waals surface area contributed by atoms with E-state index >= 15 is 0 Å². The lowest BCUT2D eigenvalue weighted by Crippen LogP contribution is -2.23. The fraction of sp³-hybridized carbons (Fsp3) is 0.136. The lowest BCUT2D eigenvalue weighted by Gasteiger charge is -2.18. The van der Waals surface area contributed by atoms with Crippen LogP contribution in [0.4, 0.5) is 0 Å². The molecule has 0 bridgehead atoms. The van der Waals surface area contributed by atoms with Gasteiger partial charge in [0, 0.05) is 16.5 Å². The molecular weight excluding hydrogens is 294 g/mol. The summed E-state index contributed by atoms with van der Waals surface area (Å²) in [6, 6.07) is 22.3. The van der Waals surface area contributed by atoms with Crippen molar-refractivity contribution in [2.75, 3.05) is 0 Å². The molecule has 0 aliphatic heterocycles. The highest BCUT2D eigenvalue weighted by Gasteiger charge is 2.15. The summed E-state index contributed by atoms with van der Waals surface area (Å²) in [5.74, 6) is 0. The zero-order chi connectivity index (χ0) is 16.7. The van der Waals surface area contributed by atoms with E-state index in [2.05, 4.69) is 32.0 Å². The molecule has 0 unspecified atom stereocenters. The SMILES string of the molecule is CCc1c(C)c2ccccc2c(=O)n1-c1cccc2ccccc12. The third kappa shape index (κ3) is 2.07. The van der Waals surface area contributed by atoms with Crippen molar-refractivity contribution in [3.63, 3.8) is 0 Å². The summed E-state index contributed by atoms with van der Waals surface area (Å²) in [6.45, 7) is 4.22. The molecule has 118 valence electrons. The van der Waals surface area contributed by atoms with Crippen molar-refractivity contribution in [2.45, 2.75) is 20.3 Å². The zero-order valence-corrected chi connectivity index (χ0v) is 13.9. The van der Waals surface area contributed by atoms with Crippen LogP contribution in [0, 0.1) is 6.92 Å². The minimum atomic E-state index is 0.0596. The third-order valence-corrected chi connectivity index (χ3v) is 4.81. The molecule has 1 heterocycles. The van der Waals surface area contributed by atoms with Gasteiger partial charge >= 0.3 is 0 Å². The lowest BCUT2D eigenvalue weighted by molar-refractivity contribution is 0.880. The van der Waals surface area contributed by atoms with Crippen LogP contribution in [-0.2, 0) is 6.42 Å². The maximum Gasteiger partial charge on any atom is 0.263 e. The first-order chi connectivity index (χ1) is 11.7. The molecule has 0 radical (unpaired) electrons. The molecule has 0 amide bonds. The summed E-state index contributed by atoms with van der Waals surface area (Å²) >= 11 is 0. The van der Waals surface area contributed by atoms with Crippen molar-refractivity contribution < 1.29 is 0 Å². The Kier molecular flexibility index (Phi) is 3.46. The van der Waals surface area contributed by atoms with Gasteiger partial charge in [0.25, 0.3) is 5.56 Å². The van der Waals surface area contributed by atoms with E-state index in [9.17, 15) is 4.79 Å². The number of rotatable bonds is 2. The van der Waals surface area contributed by atoms with Gasteiger partial charge in [0.05, 0.1) is 5.69 Å². The molecule has 0 atom stereocenters. The Balaban J connectivity index is 2.21. The van der Waals surface area contributed by atoms with Crippen LogP contribution in [0.1, 0.15) is 18.2 Å².